The molecule has 2 aromatic rings. The fourth-order valence-corrected chi connectivity index (χ4v) is 5.14. The molecule has 0 atom stereocenters. The van der Waals surface area contributed by atoms with Gasteiger partial charge in [-0.1, -0.05) is 24.3 Å². The number of anilines is 3. The van der Waals surface area contributed by atoms with Crippen molar-refractivity contribution in [3.8, 4) is 0 Å². The summed E-state index contributed by atoms with van der Waals surface area (Å²) in [4.78, 5) is 15.5. The number of benzene rings is 2. The summed E-state index contributed by atoms with van der Waals surface area (Å²) in [5.74, 6) is -0.611. The minimum atomic E-state index is -4.01. The van der Waals surface area contributed by atoms with Crippen molar-refractivity contribution in [1.29, 1.82) is 0 Å². The lowest BCUT2D eigenvalue weighted by Gasteiger charge is -2.27. The zero-order chi connectivity index (χ0) is 24.4. The van der Waals surface area contributed by atoms with Crippen LogP contribution in [0.4, 0.5) is 26.2 Å². The maximum absolute atomic E-state index is 14.5. The van der Waals surface area contributed by atoms with E-state index < -0.39 is 27.7 Å². The molecule has 33 heavy (non-hydrogen) atoms. The maximum atomic E-state index is 14.5. The number of carbonyl (C=O) groups excluding carboxylic acids is 1. The number of fused-ring (bicyclic) bond motifs is 1. The molecule has 0 unspecified atom stereocenters. The molecule has 2 aromatic carbocycles. The fraction of sp³-hybridized carbons (Fsp3) is 0.435. The van der Waals surface area contributed by atoms with Crippen LogP contribution in [-0.2, 0) is 14.9 Å². The Labute approximate surface area is 195 Å². The second-order valence-electron chi connectivity index (χ2n) is 8.99. The lowest BCUT2D eigenvalue weighted by molar-refractivity contribution is 0.0287. The van der Waals surface area contributed by atoms with Crippen LogP contribution in [0.3, 0.4) is 0 Å². The summed E-state index contributed by atoms with van der Waals surface area (Å²) in [6.07, 6.45) is -0.410. The number of rotatable bonds is 7. The van der Waals surface area contributed by atoms with Crippen LogP contribution < -0.4 is 8.61 Å². The molecule has 1 aliphatic rings. The van der Waals surface area contributed by atoms with Gasteiger partial charge in [0.25, 0.3) is 0 Å². The monoisotopic (exact) mass is 478 g/mol. The largest absolute Gasteiger partial charge is 0.444 e. The Morgan fingerprint density at radius 1 is 0.939 bits per heavy atom. The molecule has 3 rings (SSSR count). The van der Waals surface area contributed by atoms with E-state index in [9.17, 15) is 17.6 Å². The van der Waals surface area contributed by atoms with Crippen molar-refractivity contribution < 1.29 is 22.3 Å². The molecule has 0 saturated heterocycles. The quantitative estimate of drug-likeness (QED) is 0.605. The van der Waals surface area contributed by atoms with Gasteiger partial charge in [-0.05, 0) is 52.1 Å². The third-order valence-corrected chi connectivity index (χ3v) is 6.95. The lowest BCUT2D eigenvalue weighted by Crippen LogP contribution is -2.42. The van der Waals surface area contributed by atoms with Gasteiger partial charge < -0.3 is 14.5 Å². The Kier molecular flexibility index (Phi) is 7.18. The average Bonchev–Trinajstić information content (AvgIpc) is 2.95. The van der Waals surface area contributed by atoms with Gasteiger partial charge >= 0.3 is 16.3 Å². The number of hydrogen-bond donors (Lipinski definition) is 0. The molecule has 1 aliphatic heterocycles. The molecule has 0 spiro atoms. The summed E-state index contributed by atoms with van der Waals surface area (Å²) in [5.41, 5.74) is 0.327. The number of amides is 1. The summed E-state index contributed by atoms with van der Waals surface area (Å²) >= 11 is 0. The van der Waals surface area contributed by atoms with Crippen LogP contribution in [-0.4, -0.2) is 70.2 Å². The highest BCUT2D eigenvalue weighted by Crippen LogP contribution is 2.45. The first-order valence-corrected chi connectivity index (χ1v) is 12.1. The molecule has 0 fully saturated rings. The number of halogens is 1. The molecule has 0 saturated carbocycles. The first kappa shape index (κ1) is 24.8. The number of para-hydroxylation sites is 3. The van der Waals surface area contributed by atoms with E-state index in [1.165, 1.54) is 27.4 Å². The van der Waals surface area contributed by atoms with Gasteiger partial charge in [0.05, 0.1) is 17.1 Å². The van der Waals surface area contributed by atoms with E-state index in [1.54, 1.807) is 37.4 Å². The molecule has 0 N–H and O–H groups in total. The minimum absolute atomic E-state index is 0.0141. The number of carbonyl (C=O) groups is 1. The van der Waals surface area contributed by atoms with Gasteiger partial charge in [-0.15, -0.1) is 0 Å². The second-order valence-corrected chi connectivity index (χ2v) is 10.7. The van der Waals surface area contributed by atoms with Crippen molar-refractivity contribution in [2.75, 3.05) is 48.9 Å². The van der Waals surface area contributed by atoms with Gasteiger partial charge in [0.2, 0.25) is 0 Å². The van der Waals surface area contributed by atoms with Gasteiger partial charge in [-0.2, -0.15) is 8.42 Å². The molecular weight excluding hydrogens is 447 g/mol. The molecule has 1 amide bonds. The van der Waals surface area contributed by atoms with E-state index in [-0.39, 0.29) is 12.2 Å². The summed E-state index contributed by atoms with van der Waals surface area (Å²) in [6, 6.07) is 12.7. The molecule has 10 heteroatoms. The second kappa shape index (κ2) is 9.56. The number of ether oxygens (including phenoxy) is 1. The normalized spacial score (nSPS) is 15.0. The molecule has 1 heterocycles. The highest BCUT2D eigenvalue weighted by atomic mass is 32.2. The highest BCUT2D eigenvalue weighted by Gasteiger charge is 2.42. The van der Waals surface area contributed by atoms with Crippen LogP contribution in [0.15, 0.2) is 48.5 Å². The van der Waals surface area contributed by atoms with E-state index in [2.05, 4.69) is 0 Å². The Balaban J connectivity index is 1.69. The van der Waals surface area contributed by atoms with Crippen molar-refractivity contribution in [2.24, 2.45) is 0 Å². The standard InChI is InChI=1S/C23H31FN4O4S/c1-23(2,3)32-22(29)26(5)16-14-25(4)15-17-27-20-12-8-9-13-21(20)28(33(27,30)31)19-11-7-6-10-18(19)24/h6-13H,14-17H2,1-5H3. The van der Waals surface area contributed by atoms with E-state index >= 15 is 0 Å². The predicted molar refractivity (Wildman–Crippen MR) is 128 cm³/mol. The Bertz CT molecular complexity index is 1100. The molecule has 0 bridgehead atoms. The summed E-state index contributed by atoms with van der Waals surface area (Å²) in [7, 11) is -0.492. The van der Waals surface area contributed by atoms with Gasteiger partial charge in [0, 0.05) is 33.2 Å². The van der Waals surface area contributed by atoms with Crippen LogP contribution in [0.1, 0.15) is 20.8 Å². The van der Waals surface area contributed by atoms with Crippen LogP contribution >= 0.6 is 0 Å². The number of likely N-dealkylation sites (N-methyl/N-ethyl adjacent to an activating group) is 2. The number of hydrogen-bond acceptors (Lipinski definition) is 5. The predicted octanol–water partition coefficient (Wildman–Crippen LogP) is 3.83. The SMILES string of the molecule is CN(CCN(C)C(=O)OC(C)(C)C)CCN1c2ccccc2N(c2ccccc2F)S1(=O)=O. The van der Waals surface area contributed by atoms with Gasteiger partial charge in [-0.25, -0.2) is 17.8 Å². The van der Waals surface area contributed by atoms with Crippen LogP contribution in [0, 0.1) is 5.82 Å². The minimum Gasteiger partial charge on any atom is -0.444 e. The Hall–Kier alpha value is -2.85. The zero-order valence-corrected chi connectivity index (χ0v) is 20.5. The number of nitrogens with zero attached hydrogens (tertiary/aromatic N) is 4. The van der Waals surface area contributed by atoms with Crippen molar-refractivity contribution in [3.63, 3.8) is 0 Å². The van der Waals surface area contributed by atoms with Crippen molar-refractivity contribution in [3.05, 3.63) is 54.3 Å². The average molecular weight is 479 g/mol. The van der Waals surface area contributed by atoms with E-state index in [0.717, 1.165) is 4.31 Å². The Morgan fingerprint density at radius 3 is 2.12 bits per heavy atom. The first-order valence-electron chi connectivity index (χ1n) is 10.7. The summed E-state index contributed by atoms with van der Waals surface area (Å²) < 4.78 is 49.0. The van der Waals surface area contributed by atoms with Crippen LogP contribution in [0.2, 0.25) is 0 Å². The van der Waals surface area contributed by atoms with E-state index in [4.69, 9.17) is 4.74 Å². The highest BCUT2D eigenvalue weighted by molar-refractivity contribution is 7.95. The molecule has 8 nitrogen and oxygen atoms in total. The maximum Gasteiger partial charge on any atom is 0.410 e. The molecule has 0 aliphatic carbocycles. The van der Waals surface area contributed by atoms with Gasteiger partial charge in [0.1, 0.15) is 11.4 Å². The molecule has 180 valence electrons. The van der Waals surface area contributed by atoms with Crippen molar-refractivity contribution in [1.82, 2.24) is 9.80 Å². The topological polar surface area (TPSA) is 73.4 Å². The van der Waals surface area contributed by atoms with Crippen molar-refractivity contribution >= 4 is 33.4 Å². The third-order valence-electron chi connectivity index (χ3n) is 5.16. The Morgan fingerprint density at radius 2 is 1.52 bits per heavy atom. The van der Waals surface area contributed by atoms with E-state index in [0.29, 0.717) is 31.0 Å². The fourth-order valence-electron chi connectivity index (χ4n) is 3.43. The van der Waals surface area contributed by atoms with Crippen LogP contribution in [0.25, 0.3) is 0 Å². The summed E-state index contributed by atoms with van der Waals surface area (Å²) in [5, 5.41) is 0. The van der Waals surface area contributed by atoms with Crippen molar-refractivity contribution in [2.45, 2.75) is 26.4 Å². The third kappa shape index (κ3) is 5.56. The molecule has 0 aromatic heterocycles. The molecule has 0 radical (unpaired) electrons. The van der Waals surface area contributed by atoms with Gasteiger partial charge in [0.15, 0.2) is 0 Å². The first-order chi connectivity index (χ1) is 15.4. The lowest BCUT2D eigenvalue weighted by atomic mass is 10.2. The van der Waals surface area contributed by atoms with Crippen LogP contribution in [0.5, 0.6) is 0 Å². The summed E-state index contributed by atoms with van der Waals surface area (Å²) in [6.45, 7) is 6.98. The van der Waals surface area contributed by atoms with Gasteiger partial charge in [-0.3, -0.25) is 0 Å². The smallest absolute Gasteiger partial charge is 0.410 e. The molecular formula is C23H31FN4O4S. The zero-order valence-electron chi connectivity index (χ0n) is 19.7. The van der Waals surface area contributed by atoms with E-state index in [1.807, 2.05) is 32.7 Å².